The molecule has 4 nitrogen and oxygen atoms in total. The van der Waals surface area contributed by atoms with Crippen molar-refractivity contribution in [3.8, 4) is 0 Å². The van der Waals surface area contributed by atoms with Crippen LogP contribution in [-0.2, 0) is 0 Å². The van der Waals surface area contributed by atoms with Gasteiger partial charge in [0.05, 0.1) is 5.39 Å². The van der Waals surface area contributed by atoms with Crippen LogP contribution in [0, 0.1) is 6.92 Å². The normalized spacial score (nSPS) is 16.1. The highest BCUT2D eigenvalue weighted by atomic mass is 32.1. The van der Waals surface area contributed by atoms with Gasteiger partial charge in [0, 0.05) is 18.0 Å². The van der Waals surface area contributed by atoms with E-state index in [9.17, 15) is 0 Å². The fourth-order valence-corrected chi connectivity index (χ4v) is 3.14. The van der Waals surface area contributed by atoms with E-state index in [4.69, 9.17) is 5.73 Å². The average molecular weight is 248 g/mol. The van der Waals surface area contributed by atoms with Crippen LogP contribution in [0.3, 0.4) is 0 Å². The highest BCUT2D eigenvalue weighted by molar-refractivity contribution is 7.18. The Kier molecular flexibility index (Phi) is 2.43. The lowest BCUT2D eigenvalue weighted by molar-refractivity contribution is 0.400. The monoisotopic (exact) mass is 248 g/mol. The largest absolute Gasteiger partial charge is 0.368 e. The minimum absolute atomic E-state index is 0.375. The number of hydrogen-bond donors (Lipinski definition) is 1. The Morgan fingerprint density at radius 2 is 2.18 bits per heavy atom. The van der Waals surface area contributed by atoms with Crippen LogP contribution in [0.5, 0.6) is 0 Å². The van der Waals surface area contributed by atoms with Crippen LogP contribution < -0.4 is 10.6 Å². The molecule has 2 N–H and O–H groups in total. The second-order valence-electron chi connectivity index (χ2n) is 4.68. The van der Waals surface area contributed by atoms with E-state index in [1.165, 1.54) is 24.1 Å². The summed E-state index contributed by atoms with van der Waals surface area (Å²) in [4.78, 5) is 13.2. The quantitative estimate of drug-likeness (QED) is 0.887. The van der Waals surface area contributed by atoms with E-state index in [2.05, 4.69) is 34.9 Å². The topological polar surface area (TPSA) is 55.0 Å². The van der Waals surface area contributed by atoms with E-state index in [0.29, 0.717) is 12.0 Å². The maximum atomic E-state index is 5.79. The highest BCUT2D eigenvalue weighted by Gasteiger charge is 2.25. The summed E-state index contributed by atoms with van der Waals surface area (Å²) >= 11 is 1.68. The molecule has 1 fully saturated rings. The molecule has 0 radical (unpaired) electrons. The van der Waals surface area contributed by atoms with Crippen LogP contribution in [0.4, 0.5) is 11.8 Å². The molecule has 0 spiro atoms. The Bertz CT molecular complexity index is 559. The number of nitrogens with two attached hydrogens (primary N) is 1. The van der Waals surface area contributed by atoms with Crippen molar-refractivity contribution in [2.45, 2.75) is 32.2 Å². The summed E-state index contributed by atoms with van der Waals surface area (Å²) < 4.78 is 0. The number of aryl methyl sites for hydroxylation is 1. The number of hydrogen-bond acceptors (Lipinski definition) is 5. The first-order chi connectivity index (χ1) is 8.15. The van der Waals surface area contributed by atoms with Gasteiger partial charge in [0.15, 0.2) is 0 Å². The third-order valence-electron chi connectivity index (χ3n) is 3.47. The minimum atomic E-state index is 0.375. The van der Waals surface area contributed by atoms with Crippen molar-refractivity contribution in [2.24, 2.45) is 0 Å². The number of anilines is 2. The van der Waals surface area contributed by atoms with Gasteiger partial charge < -0.3 is 10.6 Å². The predicted octanol–water partition coefficient (Wildman–Crippen LogP) is 2.57. The van der Waals surface area contributed by atoms with Crippen molar-refractivity contribution >= 4 is 33.3 Å². The second-order valence-corrected chi connectivity index (χ2v) is 5.91. The van der Waals surface area contributed by atoms with E-state index >= 15 is 0 Å². The van der Waals surface area contributed by atoms with E-state index < -0.39 is 0 Å². The zero-order chi connectivity index (χ0) is 12.0. The third kappa shape index (κ3) is 1.74. The number of nitrogen functional groups attached to an aromatic ring is 1. The molecule has 0 unspecified atom stereocenters. The van der Waals surface area contributed by atoms with Crippen molar-refractivity contribution in [1.82, 2.24) is 9.97 Å². The van der Waals surface area contributed by atoms with Crippen LogP contribution >= 0.6 is 11.3 Å². The summed E-state index contributed by atoms with van der Waals surface area (Å²) in [6, 6.07) is 2.77. The summed E-state index contributed by atoms with van der Waals surface area (Å²) in [6.07, 6.45) is 3.83. The van der Waals surface area contributed by atoms with Crippen LogP contribution in [0.2, 0.25) is 0 Å². The fraction of sp³-hybridized carbons (Fsp3) is 0.500. The molecule has 1 aliphatic carbocycles. The molecular weight excluding hydrogens is 232 g/mol. The molecule has 0 bridgehead atoms. The predicted molar refractivity (Wildman–Crippen MR) is 72.6 cm³/mol. The van der Waals surface area contributed by atoms with Crippen molar-refractivity contribution in [3.05, 3.63) is 10.9 Å². The molecule has 0 aromatic carbocycles. The van der Waals surface area contributed by atoms with E-state index in [0.717, 1.165) is 16.0 Å². The molecule has 0 saturated heterocycles. The smallest absolute Gasteiger partial charge is 0.223 e. The lowest BCUT2D eigenvalue weighted by Crippen LogP contribution is -2.37. The van der Waals surface area contributed by atoms with Gasteiger partial charge in [-0.2, -0.15) is 4.98 Å². The van der Waals surface area contributed by atoms with Crippen LogP contribution in [0.15, 0.2) is 6.07 Å². The van der Waals surface area contributed by atoms with Gasteiger partial charge in [0.1, 0.15) is 10.6 Å². The van der Waals surface area contributed by atoms with Crippen LogP contribution in [0.25, 0.3) is 10.2 Å². The molecular formula is C12H16N4S. The lowest BCUT2D eigenvalue weighted by Gasteiger charge is -2.35. The summed E-state index contributed by atoms with van der Waals surface area (Å²) in [7, 11) is 2.11. The number of nitrogens with zero attached hydrogens (tertiary/aromatic N) is 3. The fourth-order valence-electron chi connectivity index (χ4n) is 2.26. The molecule has 2 aromatic heterocycles. The Morgan fingerprint density at radius 3 is 2.82 bits per heavy atom. The van der Waals surface area contributed by atoms with Gasteiger partial charge in [0.25, 0.3) is 0 Å². The van der Waals surface area contributed by atoms with Gasteiger partial charge in [-0.25, -0.2) is 4.98 Å². The molecule has 90 valence electrons. The van der Waals surface area contributed by atoms with Gasteiger partial charge in [-0.3, -0.25) is 0 Å². The van der Waals surface area contributed by atoms with Gasteiger partial charge in [-0.05, 0) is 32.3 Å². The zero-order valence-electron chi connectivity index (χ0n) is 10.1. The van der Waals surface area contributed by atoms with E-state index in [1.54, 1.807) is 11.3 Å². The summed E-state index contributed by atoms with van der Waals surface area (Å²) in [5.41, 5.74) is 5.79. The molecule has 2 heterocycles. The van der Waals surface area contributed by atoms with Gasteiger partial charge >= 0.3 is 0 Å². The first-order valence-corrected chi connectivity index (χ1v) is 6.73. The summed E-state index contributed by atoms with van der Waals surface area (Å²) in [5, 5.41) is 1.14. The molecule has 17 heavy (non-hydrogen) atoms. The summed E-state index contributed by atoms with van der Waals surface area (Å²) in [6.45, 7) is 2.09. The minimum Gasteiger partial charge on any atom is -0.368 e. The van der Waals surface area contributed by atoms with Gasteiger partial charge in [-0.15, -0.1) is 11.3 Å². The Hall–Kier alpha value is -1.36. The number of aromatic nitrogens is 2. The average Bonchev–Trinajstić information content (AvgIpc) is 2.53. The van der Waals surface area contributed by atoms with Crippen molar-refractivity contribution in [1.29, 1.82) is 0 Å². The van der Waals surface area contributed by atoms with Crippen LogP contribution in [-0.4, -0.2) is 23.1 Å². The number of fused-ring (bicyclic) bond motifs is 1. The van der Waals surface area contributed by atoms with Gasteiger partial charge in [0.2, 0.25) is 5.95 Å². The first-order valence-electron chi connectivity index (χ1n) is 5.91. The highest BCUT2D eigenvalue weighted by Crippen LogP contribution is 2.34. The molecule has 0 atom stereocenters. The Labute approximate surface area is 104 Å². The number of thiophene rings is 1. The molecule has 2 aromatic rings. The van der Waals surface area contributed by atoms with Crippen molar-refractivity contribution in [3.63, 3.8) is 0 Å². The maximum absolute atomic E-state index is 5.79. The van der Waals surface area contributed by atoms with E-state index in [-0.39, 0.29) is 0 Å². The second kappa shape index (κ2) is 3.84. The SMILES string of the molecule is Cc1cc2c(N(C)C3CCC3)nc(N)nc2s1. The zero-order valence-corrected chi connectivity index (χ0v) is 10.9. The lowest BCUT2D eigenvalue weighted by atomic mass is 9.92. The molecule has 1 saturated carbocycles. The Morgan fingerprint density at radius 1 is 1.41 bits per heavy atom. The van der Waals surface area contributed by atoms with Crippen LogP contribution in [0.1, 0.15) is 24.1 Å². The number of rotatable bonds is 2. The van der Waals surface area contributed by atoms with Crippen molar-refractivity contribution < 1.29 is 0 Å². The maximum Gasteiger partial charge on any atom is 0.223 e. The van der Waals surface area contributed by atoms with E-state index in [1.807, 2.05) is 0 Å². The molecule has 0 aliphatic heterocycles. The van der Waals surface area contributed by atoms with Gasteiger partial charge in [-0.1, -0.05) is 0 Å². The standard InChI is InChI=1S/C12H16N4S/c1-7-6-9-10(16(2)8-4-3-5-8)14-12(13)15-11(9)17-7/h6,8H,3-5H2,1-2H3,(H2,13,14,15). The first kappa shape index (κ1) is 10.8. The summed E-state index contributed by atoms with van der Waals surface area (Å²) in [5.74, 6) is 1.36. The van der Waals surface area contributed by atoms with Crippen molar-refractivity contribution in [2.75, 3.05) is 17.7 Å². The molecule has 3 rings (SSSR count). The Balaban J connectivity index is 2.12. The molecule has 5 heteroatoms. The molecule has 0 amide bonds. The third-order valence-corrected chi connectivity index (χ3v) is 4.41. The molecule has 1 aliphatic rings.